The van der Waals surface area contributed by atoms with Crippen LogP contribution in [0, 0.1) is 5.92 Å². The third kappa shape index (κ3) is 3.08. The molecule has 0 spiro atoms. The molecule has 0 aliphatic carbocycles. The third-order valence-corrected chi connectivity index (χ3v) is 5.34. The quantitative estimate of drug-likeness (QED) is 0.510. The lowest BCUT2D eigenvalue weighted by atomic mass is 10.0. The molecule has 1 atom stereocenters. The number of ether oxygens (including phenoxy) is 1. The lowest BCUT2D eigenvalue weighted by Gasteiger charge is -2.27. The van der Waals surface area contributed by atoms with E-state index in [1.807, 2.05) is 22.8 Å². The van der Waals surface area contributed by atoms with E-state index in [-0.39, 0.29) is 29.1 Å². The maximum absolute atomic E-state index is 12.4. The van der Waals surface area contributed by atoms with E-state index in [0.29, 0.717) is 11.3 Å². The summed E-state index contributed by atoms with van der Waals surface area (Å²) in [5.41, 5.74) is 2.51. The maximum Gasteiger partial charge on any atom is 0.341 e. The molecule has 0 fully saturated rings. The molecule has 4 rings (SSSR count). The van der Waals surface area contributed by atoms with Gasteiger partial charge in [-0.3, -0.25) is 4.79 Å². The second-order valence-corrected chi connectivity index (χ2v) is 8.04. The Morgan fingerprint density at radius 2 is 1.87 bits per heavy atom. The van der Waals surface area contributed by atoms with Crippen LogP contribution in [0.4, 0.5) is 0 Å². The highest BCUT2D eigenvalue weighted by Crippen LogP contribution is 2.33. The van der Waals surface area contributed by atoms with Crippen LogP contribution >= 0.6 is 0 Å². The topological polar surface area (TPSA) is 94.8 Å². The number of imidazole rings is 1. The highest BCUT2D eigenvalue weighted by atomic mass is 16.5. The summed E-state index contributed by atoms with van der Waals surface area (Å²) in [6, 6.07) is 8.00. The minimum absolute atomic E-state index is 0.134. The minimum Gasteiger partial charge on any atom is -0.465 e. The molecule has 2 aliphatic heterocycles. The van der Waals surface area contributed by atoms with Crippen molar-refractivity contribution in [1.29, 1.82) is 0 Å². The fraction of sp³-hybridized carbons (Fsp3) is 0.364. The zero-order valence-electron chi connectivity index (χ0n) is 17.7. The van der Waals surface area contributed by atoms with Gasteiger partial charge in [0.15, 0.2) is 0 Å². The molecule has 0 radical (unpaired) electrons. The van der Waals surface area contributed by atoms with E-state index < -0.39 is 5.97 Å². The number of methoxy groups -OCH3 is 1. The molecule has 8 nitrogen and oxygen atoms in total. The first-order valence-electron chi connectivity index (χ1n) is 9.98. The number of nitrogens with one attached hydrogen (secondary N) is 1. The highest BCUT2D eigenvalue weighted by molar-refractivity contribution is 5.96. The largest absolute Gasteiger partial charge is 0.465 e. The monoisotopic (exact) mass is 407 g/mol. The molecule has 1 N–H and O–H groups in total. The van der Waals surface area contributed by atoms with Crippen molar-refractivity contribution in [2.24, 2.45) is 5.92 Å². The molecule has 0 amide bonds. The van der Waals surface area contributed by atoms with Crippen molar-refractivity contribution in [2.75, 3.05) is 7.11 Å². The molecular formula is C22H25N5O3. The van der Waals surface area contributed by atoms with Crippen LogP contribution in [0.1, 0.15) is 56.0 Å². The summed E-state index contributed by atoms with van der Waals surface area (Å²) >= 11 is 0. The number of rotatable bonds is 5. The van der Waals surface area contributed by atoms with Crippen molar-refractivity contribution in [2.45, 2.75) is 39.8 Å². The zero-order valence-corrected chi connectivity index (χ0v) is 17.7. The molecule has 0 saturated heterocycles. The Labute approximate surface area is 173 Å². The predicted molar refractivity (Wildman–Crippen MR) is 114 cm³/mol. The molecule has 1 aromatic heterocycles. The Hall–Kier alpha value is -3.42. The Bertz CT molecular complexity index is 1250. The molecule has 0 saturated carbocycles. The van der Waals surface area contributed by atoms with Gasteiger partial charge in [0.2, 0.25) is 0 Å². The Kier molecular flexibility index (Phi) is 4.93. The average molecular weight is 407 g/mol. The number of hydrogen-bond donors (Lipinski definition) is 1. The number of aromatic nitrogens is 5. The van der Waals surface area contributed by atoms with Crippen LogP contribution in [0.3, 0.4) is 0 Å². The van der Waals surface area contributed by atoms with E-state index in [1.165, 1.54) is 7.11 Å². The summed E-state index contributed by atoms with van der Waals surface area (Å²) in [7, 11) is 1.31. The van der Waals surface area contributed by atoms with Crippen molar-refractivity contribution in [3.05, 3.63) is 58.4 Å². The predicted octanol–water partition coefficient (Wildman–Crippen LogP) is 3.64. The number of fused-ring (bicyclic) bond motifs is 2. The summed E-state index contributed by atoms with van der Waals surface area (Å²) < 4.78 is 9.03. The molecule has 1 aromatic carbocycles. The smallest absolute Gasteiger partial charge is 0.341 e. The van der Waals surface area contributed by atoms with Gasteiger partial charge in [0.1, 0.15) is 17.1 Å². The standard InChI is InChI=1S/C22H25N5O3/c1-12(2)19(20-23-16-8-6-7-9-17(16)27(20)13(3)4)26-10-14-18(24-25-21(14)28)15(11-26)22(29)30-5/h6-13,19H,1-5H3,(H,25,28)/t19-/m0/s1. The summed E-state index contributed by atoms with van der Waals surface area (Å²) in [6.45, 7) is 8.43. The number of pyridine rings is 1. The van der Waals surface area contributed by atoms with Crippen LogP contribution in [0.25, 0.3) is 22.3 Å². The first-order valence-corrected chi connectivity index (χ1v) is 9.98. The highest BCUT2D eigenvalue weighted by Gasteiger charge is 2.29. The molecule has 3 heterocycles. The van der Waals surface area contributed by atoms with Crippen molar-refractivity contribution >= 4 is 17.0 Å². The molecule has 0 bridgehead atoms. The number of benzene rings is 1. The first kappa shape index (κ1) is 19.9. The van der Waals surface area contributed by atoms with E-state index in [9.17, 15) is 9.59 Å². The molecule has 2 aromatic rings. The van der Waals surface area contributed by atoms with Crippen LogP contribution < -0.4 is 5.56 Å². The number of esters is 1. The minimum atomic E-state index is -0.541. The van der Waals surface area contributed by atoms with Gasteiger partial charge < -0.3 is 13.9 Å². The van der Waals surface area contributed by atoms with Gasteiger partial charge in [0, 0.05) is 18.4 Å². The summed E-state index contributed by atoms with van der Waals surface area (Å²) in [6.07, 6.45) is 3.44. The number of aromatic amines is 1. The molecular weight excluding hydrogens is 382 g/mol. The fourth-order valence-corrected chi connectivity index (χ4v) is 4.07. The molecule has 156 valence electrons. The first-order chi connectivity index (χ1) is 14.3. The molecule has 8 heteroatoms. The average Bonchev–Trinajstić information content (AvgIpc) is 3.27. The Morgan fingerprint density at radius 3 is 2.53 bits per heavy atom. The second kappa shape index (κ2) is 7.44. The number of H-pyrrole nitrogens is 1. The zero-order chi connectivity index (χ0) is 21.6. The van der Waals surface area contributed by atoms with Gasteiger partial charge in [0.25, 0.3) is 5.56 Å². The van der Waals surface area contributed by atoms with Gasteiger partial charge in [-0.05, 0) is 31.9 Å². The van der Waals surface area contributed by atoms with Crippen LogP contribution in [-0.4, -0.2) is 37.4 Å². The van der Waals surface area contributed by atoms with Gasteiger partial charge in [-0.15, -0.1) is 0 Å². The summed E-state index contributed by atoms with van der Waals surface area (Å²) in [5, 5.41) is 6.45. The van der Waals surface area contributed by atoms with Gasteiger partial charge in [0.05, 0.1) is 29.7 Å². The van der Waals surface area contributed by atoms with Crippen LogP contribution in [0.5, 0.6) is 0 Å². The molecule has 0 unspecified atom stereocenters. The Balaban J connectivity index is 2.01. The number of carbonyl (C=O) groups is 1. The lowest BCUT2D eigenvalue weighted by molar-refractivity contribution is 0.0600. The van der Waals surface area contributed by atoms with E-state index >= 15 is 0 Å². The van der Waals surface area contributed by atoms with Gasteiger partial charge in [-0.2, -0.15) is 5.10 Å². The van der Waals surface area contributed by atoms with Gasteiger partial charge >= 0.3 is 5.97 Å². The SMILES string of the molecule is COC(=O)c1cn([C@H](c2nc3ccccc3n2C(C)C)C(C)C)cc2c(=O)[nH]nc1-2. The lowest BCUT2D eigenvalue weighted by Crippen LogP contribution is -2.24. The van der Waals surface area contributed by atoms with E-state index in [2.05, 4.69) is 48.5 Å². The van der Waals surface area contributed by atoms with Gasteiger partial charge in [-0.1, -0.05) is 26.0 Å². The number of hydrogen-bond acceptors (Lipinski definition) is 5. The van der Waals surface area contributed by atoms with E-state index in [4.69, 9.17) is 9.72 Å². The fourth-order valence-electron chi connectivity index (χ4n) is 4.07. The van der Waals surface area contributed by atoms with Crippen molar-refractivity contribution in [3.63, 3.8) is 0 Å². The van der Waals surface area contributed by atoms with Crippen LogP contribution in [0.15, 0.2) is 41.5 Å². The van der Waals surface area contributed by atoms with Crippen molar-refractivity contribution in [1.82, 2.24) is 24.3 Å². The van der Waals surface area contributed by atoms with Crippen LogP contribution in [0.2, 0.25) is 0 Å². The Morgan fingerprint density at radius 1 is 1.13 bits per heavy atom. The third-order valence-electron chi connectivity index (χ3n) is 5.34. The number of carbonyl (C=O) groups excluding carboxylic acids is 1. The molecule has 30 heavy (non-hydrogen) atoms. The number of nitrogens with zero attached hydrogens (tertiary/aromatic N) is 4. The summed E-state index contributed by atoms with van der Waals surface area (Å²) in [5.74, 6) is 0.465. The second-order valence-electron chi connectivity index (χ2n) is 8.04. The normalized spacial score (nSPS) is 12.9. The summed E-state index contributed by atoms with van der Waals surface area (Å²) in [4.78, 5) is 29.7. The van der Waals surface area contributed by atoms with Gasteiger partial charge in [-0.25, -0.2) is 14.9 Å². The van der Waals surface area contributed by atoms with Crippen LogP contribution in [-0.2, 0) is 4.74 Å². The van der Waals surface area contributed by atoms with Crippen molar-refractivity contribution < 1.29 is 9.53 Å². The van der Waals surface area contributed by atoms with E-state index in [0.717, 1.165) is 16.9 Å². The maximum atomic E-state index is 12.4. The van der Waals surface area contributed by atoms with Crippen molar-refractivity contribution in [3.8, 4) is 11.3 Å². The molecule has 2 aliphatic rings. The number of para-hydroxylation sites is 2. The van der Waals surface area contributed by atoms with E-state index in [1.54, 1.807) is 12.4 Å².